The van der Waals surface area contributed by atoms with Gasteiger partial charge in [-0.25, -0.2) is 4.39 Å². The van der Waals surface area contributed by atoms with Crippen LogP contribution in [-0.4, -0.2) is 4.57 Å². The summed E-state index contributed by atoms with van der Waals surface area (Å²) in [7, 11) is 0. The van der Waals surface area contributed by atoms with Gasteiger partial charge in [0.1, 0.15) is 5.82 Å². The highest BCUT2D eigenvalue weighted by molar-refractivity contribution is 9.10. The van der Waals surface area contributed by atoms with Gasteiger partial charge in [0.05, 0.1) is 4.47 Å². The number of nitrogens with one attached hydrogen (secondary N) is 1. The maximum absolute atomic E-state index is 13.1. The maximum Gasteiger partial charge on any atom is 0.137 e. The van der Waals surface area contributed by atoms with Crippen molar-refractivity contribution < 1.29 is 4.39 Å². The number of anilines is 1. The van der Waals surface area contributed by atoms with Gasteiger partial charge in [0.2, 0.25) is 0 Å². The van der Waals surface area contributed by atoms with E-state index < -0.39 is 0 Å². The Labute approximate surface area is 115 Å². The average Bonchev–Trinajstić information content (AvgIpc) is 2.79. The maximum atomic E-state index is 13.1. The van der Waals surface area contributed by atoms with E-state index in [9.17, 15) is 4.39 Å². The molecule has 4 heteroatoms. The van der Waals surface area contributed by atoms with Crippen LogP contribution in [-0.2, 0) is 13.1 Å². The quantitative estimate of drug-likeness (QED) is 0.865. The molecule has 0 amide bonds. The van der Waals surface area contributed by atoms with Crippen molar-refractivity contribution in [1.82, 2.24) is 4.57 Å². The van der Waals surface area contributed by atoms with Crippen molar-refractivity contribution in [2.45, 2.75) is 26.4 Å². The lowest BCUT2D eigenvalue weighted by molar-refractivity contribution is 0.621. The summed E-state index contributed by atoms with van der Waals surface area (Å²) in [6.07, 6.45) is 5.35. The number of aromatic nitrogens is 1. The molecule has 1 aromatic heterocycles. The highest BCUT2D eigenvalue weighted by atomic mass is 79.9. The molecule has 1 aromatic carbocycles. The van der Waals surface area contributed by atoms with Crippen molar-refractivity contribution in [2.75, 3.05) is 5.32 Å². The number of halogens is 2. The van der Waals surface area contributed by atoms with E-state index in [0.29, 0.717) is 4.47 Å². The summed E-state index contributed by atoms with van der Waals surface area (Å²) in [6.45, 7) is 3.95. The Balaban J connectivity index is 1.95. The molecular formula is C14H16BrFN2. The molecule has 0 spiro atoms. The van der Waals surface area contributed by atoms with E-state index >= 15 is 0 Å². The van der Waals surface area contributed by atoms with Crippen molar-refractivity contribution >= 4 is 21.6 Å². The predicted octanol–water partition coefficient (Wildman–Crippen LogP) is 4.41. The molecule has 0 aliphatic heterocycles. The third-order valence-electron chi connectivity index (χ3n) is 2.71. The lowest BCUT2D eigenvalue weighted by atomic mass is 10.3. The normalized spacial score (nSPS) is 10.6. The molecule has 96 valence electrons. The Kier molecular flexibility index (Phi) is 4.42. The lowest BCUT2D eigenvalue weighted by Crippen LogP contribution is -1.99. The fourth-order valence-corrected chi connectivity index (χ4v) is 2.18. The van der Waals surface area contributed by atoms with Gasteiger partial charge in [-0.15, -0.1) is 0 Å². The van der Waals surface area contributed by atoms with E-state index in [1.165, 1.54) is 11.6 Å². The summed E-state index contributed by atoms with van der Waals surface area (Å²) >= 11 is 3.18. The van der Waals surface area contributed by atoms with Gasteiger partial charge < -0.3 is 9.88 Å². The van der Waals surface area contributed by atoms with Crippen LogP contribution in [0.5, 0.6) is 0 Å². The predicted molar refractivity (Wildman–Crippen MR) is 76.1 cm³/mol. The lowest BCUT2D eigenvalue weighted by Gasteiger charge is -2.06. The Morgan fingerprint density at radius 3 is 2.89 bits per heavy atom. The van der Waals surface area contributed by atoms with E-state index in [1.807, 2.05) is 0 Å². The molecule has 0 atom stereocenters. The zero-order chi connectivity index (χ0) is 13.0. The van der Waals surface area contributed by atoms with Gasteiger partial charge in [-0.05, 0) is 52.2 Å². The zero-order valence-corrected chi connectivity index (χ0v) is 11.9. The summed E-state index contributed by atoms with van der Waals surface area (Å²) in [5.41, 5.74) is 2.13. The molecular weight excluding hydrogens is 295 g/mol. The van der Waals surface area contributed by atoms with Gasteiger partial charge in [-0.3, -0.25) is 0 Å². The van der Waals surface area contributed by atoms with Crippen molar-refractivity contribution in [3.63, 3.8) is 0 Å². The first kappa shape index (κ1) is 13.1. The molecule has 0 saturated heterocycles. The number of hydrogen-bond acceptors (Lipinski definition) is 1. The molecule has 0 unspecified atom stereocenters. The van der Waals surface area contributed by atoms with Crippen molar-refractivity contribution in [3.05, 3.63) is 52.5 Å². The Hall–Kier alpha value is -1.29. The molecule has 2 nitrogen and oxygen atoms in total. The zero-order valence-electron chi connectivity index (χ0n) is 10.3. The first-order valence-corrected chi connectivity index (χ1v) is 6.82. The first-order chi connectivity index (χ1) is 8.69. The van der Waals surface area contributed by atoms with E-state index in [2.05, 4.69) is 51.2 Å². The summed E-state index contributed by atoms with van der Waals surface area (Å²) in [5.74, 6) is -0.241. The fourth-order valence-electron chi connectivity index (χ4n) is 1.80. The summed E-state index contributed by atoms with van der Waals surface area (Å²) in [4.78, 5) is 0. The standard InChI is InChI=1S/C14H16BrFN2/c1-2-6-18-7-5-11(10-18)9-17-12-3-4-14(16)13(15)8-12/h3-5,7-8,10,17H,2,6,9H2,1H3. The smallest absolute Gasteiger partial charge is 0.137 e. The number of benzene rings is 1. The number of aryl methyl sites for hydroxylation is 1. The van der Waals surface area contributed by atoms with E-state index in [1.54, 1.807) is 12.1 Å². The third-order valence-corrected chi connectivity index (χ3v) is 3.32. The van der Waals surface area contributed by atoms with Crippen LogP contribution in [0.4, 0.5) is 10.1 Å². The molecule has 1 heterocycles. The van der Waals surface area contributed by atoms with Crippen LogP contribution in [0.3, 0.4) is 0 Å². The molecule has 2 aromatic rings. The first-order valence-electron chi connectivity index (χ1n) is 6.02. The highest BCUT2D eigenvalue weighted by Gasteiger charge is 2.01. The summed E-state index contributed by atoms with van der Waals surface area (Å²) < 4.78 is 15.7. The third kappa shape index (κ3) is 3.35. The van der Waals surface area contributed by atoms with Gasteiger partial charge in [-0.1, -0.05) is 6.92 Å². The Bertz CT molecular complexity index is 522. The number of hydrogen-bond donors (Lipinski definition) is 1. The Morgan fingerprint density at radius 1 is 1.33 bits per heavy atom. The molecule has 18 heavy (non-hydrogen) atoms. The minimum atomic E-state index is -0.241. The molecule has 0 radical (unpaired) electrons. The van der Waals surface area contributed by atoms with Gasteiger partial charge in [0.15, 0.2) is 0 Å². The highest BCUT2D eigenvalue weighted by Crippen LogP contribution is 2.20. The summed E-state index contributed by atoms with van der Waals surface area (Å²) in [5, 5.41) is 3.27. The minimum Gasteiger partial charge on any atom is -0.381 e. The van der Waals surface area contributed by atoms with Crippen molar-refractivity contribution in [2.24, 2.45) is 0 Å². The Morgan fingerprint density at radius 2 is 2.17 bits per heavy atom. The van der Waals surface area contributed by atoms with Gasteiger partial charge in [-0.2, -0.15) is 0 Å². The molecule has 0 fully saturated rings. The van der Waals surface area contributed by atoms with Crippen LogP contribution in [0, 0.1) is 5.82 Å². The second-order valence-electron chi connectivity index (χ2n) is 4.24. The van der Waals surface area contributed by atoms with Gasteiger partial charge in [0.25, 0.3) is 0 Å². The van der Waals surface area contributed by atoms with Crippen LogP contribution < -0.4 is 5.32 Å². The molecule has 0 aliphatic rings. The monoisotopic (exact) mass is 310 g/mol. The van der Waals surface area contributed by atoms with E-state index in [-0.39, 0.29) is 5.82 Å². The second-order valence-corrected chi connectivity index (χ2v) is 5.09. The van der Waals surface area contributed by atoms with Crippen molar-refractivity contribution in [1.29, 1.82) is 0 Å². The van der Waals surface area contributed by atoms with Crippen molar-refractivity contribution in [3.8, 4) is 0 Å². The molecule has 1 N–H and O–H groups in total. The van der Waals surface area contributed by atoms with E-state index in [0.717, 1.165) is 25.2 Å². The number of rotatable bonds is 5. The van der Waals surface area contributed by atoms with Crippen LogP contribution >= 0.6 is 15.9 Å². The van der Waals surface area contributed by atoms with Crippen LogP contribution in [0.25, 0.3) is 0 Å². The van der Waals surface area contributed by atoms with Crippen LogP contribution in [0.15, 0.2) is 41.1 Å². The molecule has 0 bridgehead atoms. The average molecular weight is 311 g/mol. The minimum absolute atomic E-state index is 0.241. The fraction of sp³-hybridized carbons (Fsp3) is 0.286. The number of nitrogens with zero attached hydrogens (tertiary/aromatic N) is 1. The van der Waals surface area contributed by atoms with Gasteiger partial charge in [0, 0.05) is 31.2 Å². The molecule has 0 aliphatic carbocycles. The molecule has 2 rings (SSSR count). The topological polar surface area (TPSA) is 17.0 Å². The van der Waals surface area contributed by atoms with E-state index in [4.69, 9.17) is 0 Å². The second kappa shape index (κ2) is 6.05. The van der Waals surface area contributed by atoms with Gasteiger partial charge >= 0.3 is 0 Å². The largest absolute Gasteiger partial charge is 0.381 e. The SMILES string of the molecule is CCCn1ccc(CNc2ccc(F)c(Br)c2)c1. The summed E-state index contributed by atoms with van der Waals surface area (Å²) in [6, 6.07) is 7.04. The molecule has 0 saturated carbocycles. The van der Waals surface area contributed by atoms with Crippen LogP contribution in [0.1, 0.15) is 18.9 Å². The van der Waals surface area contributed by atoms with Crippen LogP contribution in [0.2, 0.25) is 0 Å².